The van der Waals surface area contributed by atoms with Crippen LogP contribution in [0.1, 0.15) is 54.7 Å². The van der Waals surface area contributed by atoms with Gasteiger partial charge in [-0.15, -0.1) is 0 Å². The fourth-order valence-corrected chi connectivity index (χ4v) is 6.69. The fourth-order valence-electron chi connectivity index (χ4n) is 4.44. The number of carbonyl (C=O) groups excluding carboxylic acids is 1. The van der Waals surface area contributed by atoms with Gasteiger partial charge in [-0.3, -0.25) is 4.79 Å². The molecule has 1 amide bonds. The summed E-state index contributed by atoms with van der Waals surface area (Å²) in [5.74, 6) is 1.10. The lowest BCUT2D eigenvalue weighted by atomic mass is 10.1. The topological polar surface area (TPSA) is 104 Å². The molecule has 42 heavy (non-hydrogen) atoms. The number of anilines is 3. The molecule has 11 heteroatoms. The maximum Gasteiger partial charge on any atom is 0.251 e. The number of aryl methyl sites for hydroxylation is 1. The van der Waals surface area contributed by atoms with Gasteiger partial charge in [-0.25, -0.2) is 19.3 Å². The molecule has 0 bridgehead atoms. The van der Waals surface area contributed by atoms with Crippen molar-refractivity contribution in [3.8, 4) is 0 Å². The lowest BCUT2D eigenvalue weighted by molar-refractivity contribution is 0.0952. The summed E-state index contributed by atoms with van der Waals surface area (Å²) in [6.07, 6.45) is 4.84. The van der Waals surface area contributed by atoms with E-state index in [0.717, 1.165) is 47.1 Å². The Bertz CT molecular complexity index is 1510. The Morgan fingerprint density at radius 3 is 2.81 bits per heavy atom. The normalized spacial score (nSPS) is 13.2. The SMILES string of the molecule is COCc1cc(Nc2cc(C(=O)NCCCN(CC(C)C)Sc3ccc4nc(NC5CC5)sc4c3)ccc2C)ncn1. The van der Waals surface area contributed by atoms with E-state index in [0.29, 0.717) is 36.5 Å². The minimum atomic E-state index is -0.0878. The molecule has 0 atom stereocenters. The molecule has 0 unspecified atom stereocenters. The molecule has 222 valence electrons. The number of nitrogens with one attached hydrogen (secondary N) is 3. The van der Waals surface area contributed by atoms with Crippen molar-refractivity contribution in [2.24, 2.45) is 5.92 Å². The molecule has 0 saturated heterocycles. The maximum atomic E-state index is 13.0. The van der Waals surface area contributed by atoms with Gasteiger partial charge in [-0.2, -0.15) is 0 Å². The number of methoxy groups -OCH3 is 1. The smallest absolute Gasteiger partial charge is 0.251 e. The second-order valence-electron chi connectivity index (χ2n) is 11.0. The van der Waals surface area contributed by atoms with Gasteiger partial charge in [0.2, 0.25) is 0 Å². The van der Waals surface area contributed by atoms with Gasteiger partial charge in [0.15, 0.2) is 5.13 Å². The molecule has 0 spiro atoms. The van der Waals surface area contributed by atoms with Crippen LogP contribution in [0.3, 0.4) is 0 Å². The molecule has 5 rings (SSSR count). The number of thiazole rings is 1. The average Bonchev–Trinajstić information content (AvgIpc) is 3.68. The minimum Gasteiger partial charge on any atom is -0.378 e. The Kier molecular flexibility index (Phi) is 10.3. The summed E-state index contributed by atoms with van der Waals surface area (Å²) in [7, 11) is 1.63. The first-order valence-corrected chi connectivity index (χ1v) is 16.0. The highest BCUT2D eigenvalue weighted by Crippen LogP contribution is 2.34. The third-order valence-electron chi connectivity index (χ3n) is 6.72. The number of carbonyl (C=O) groups is 1. The molecule has 1 aliphatic carbocycles. The number of hydrogen-bond donors (Lipinski definition) is 3. The molecule has 1 fully saturated rings. The largest absolute Gasteiger partial charge is 0.378 e. The summed E-state index contributed by atoms with van der Waals surface area (Å²) in [6, 6.07) is 14.6. The summed E-state index contributed by atoms with van der Waals surface area (Å²) in [5, 5.41) is 10.9. The lowest BCUT2D eigenvalue weighted by Crippen LogP contribution is -2.28. The standard InChI is InChI=1S/C31H39N7O2S2/c1-20(2)17-38(42-25-10-11-26-28(16-25)41-31(37-26)35-23-8-9-23)13-5-12-32-30(39)22-7-6-21(3)27(14-22)36-29-15-24(18-40-4)33-19-34-29/h6-7,10-11,14-16,19-20,23H,5,8-9,12-13,17-18H2,1-4H3,(H,32,39)(H,35,37)(H,33,34,36). The third-order valence-corrected chi connectivity index (χ3v) is 8.72. The van der Waals surface area contributed by atoms with E-state index in [1.165, 1.54) is 28.8 Å². The number of nitrogens with zero attached hydrogens (tertiary/aromatic N) is 4. The molecule has 1 aliphatic rings. The third kappa shape index (κ3) is 8.64. The Balaban J connectivity index is 1.14. The number of rotatable bonds is 15. The number of fused-ring (bicyclic) bond motifs is 1. The molecule has 0 radical (unpaired) electrons. The highest BCUT2D eigenvalue weighted by molar-refractivity contribution is 7.97. The van der Waals surface area contributed by atoms with E-state index in [9.17, 15) is 4.79 Å². The van der Waals surface area contributed by atoms with Crippen molar-refractivity contribution < 1.29 is 9.53 Å². The maximum absolute atomic E-state index is 13.0. The van der Waals surface area contributed by atoms with Crippen LogP contribution in [0.5, 0.6) is 0 Å². The van der Waals surface area contributed by atoms with Crippen LogP contribution < -0.4 is 16.0 Å². The van der Waals surface area contributed by atoms with E-state index in [1.807, 2.05) is 31.2 Å². The van der Waals surface area contributed by atoms with Crippen LogP contribution in [0.4, 0.5) is 16.6 Å². The van der Waals surface area contributed by atoms with Gasteiger partial charge < -0.3 is 20.7 Å². The molecule has 2 aromatic carbocycles. The van der Waals surface area contributed by atoms with E-state index in [-0.39, 0.29) is 5.91 Å². The first kappa shape index (κ1) is 30.2. The first-order chi connectivity index (χ1) is 20.4. The van der Waals surface area contributed by atoms with Crippen molar-refractivity contribution in [1.29, 1.82) is 0 Å². The van der Waals surface area contributed by atoms with Crippen molar-refractivity contribution in [1.82, 2.24) is 24.6 Å². The summed E-state index contributed by atoms with van der Waals surface area (Å²) in [5.41, 5.74) is 4.29. The number of hydrogen-bond acceptors (Lipinski definition) is 10. The monoisotopic (exact) mass is 605 g/mol. The Morgan fingerprint density at radius 1 is 1.17 bits per heavy atom. The summed E-state index contributed by atoms with van der Waals surface area (Å²) in [6.45, 7) is 9.32. The van der Waals surface area contributed by atoms with Gasteiger partial charge in [0.1, 0.15) is 12.1 Å². The lowest BCUT2D eigenvalue weighted by Gasteiger charge is -2.23. The number of benzene rings is 2. The molecule has 9 nitrogen and oxygen atoms in total. The first-order valence-electron chi connectivity index (χ1n) is 14.4. The Morgan fingerprint density at radius 2 is 2.02 bits per heavy atom. The van der Waals surface area contributed by atoms with Crippen LogP contribution in [0, 0.1) is 12.8 Å². The summed E-state index contributed by atoms with van der Waals surface area (Å²) >= 11 is 3.51. The number of amides is 1. The molecular weight excluding hydrogens is 567 g/mol. The molecule has 4 aromatic rings. The van der Waals surface area contributed by atoms with Crippen molar-refractivity contribution >= 4 is 56.0 Å². The van der Waals surface area contributed by atoms with Crippen LogP contribution in [0.2, 0.25) is 0 Å². The predicted octanol–water partition coefficient (Wildman–Crippen LogP) is 6.64. The quantitative estimate of drug-likeness (QED) is 0.102. The van der Waals surface area contributed by atoms with Crippen LogP contribution in [-0.2, 0) is 11.3 Å². The second-order valence-corrected chi connectivity index (χ2v) is 13.2. The number of aromatic nitrogens is 3. The second kappa shape index (κ2) is 14.3. The van der Waals surface area contributed by atoms with E-state index >= 15 is 0 Å². The molecule has 1 saturated carbocycles. The van der Waals surface area contributed by atoms with Gasteiger partial charge in [0, 0.05) is 55.0 Å². The van der Waals surface area contributed by atoms with Crippen LogP contribution in [0.25, 0.3) is 10.2 Å². The molecule has 0 aliphatic heterocycles. The zero-order valence-electron chi connectivity index (χ0n) is 24.6. The van der Waals surface area contributed by atoms with Gasteiger partial charge in [-0.1, -0.05) is 31.3 Å². The molecule has 3 N–H and O–H groups in total. The van der Waals surface area contributed by atoms with E-state index in [2.05, 4.69) is 62.3 Å². The van der Waals surface area contributed by atoms with E-state index in [4.69, 9.17) is 9.72 Å². The van der Waals surface area contributed by atoms with Gasteiger partial charge >= 0.3 is 0 Å². The minimum absolute atomic E-state index is 0.0878. The van der Waals surface area contributed by atoms with Gasteiger partial charge in [-0.05, 0) is 79.9 Å². The van der Waals surface area contributed by atoms with Gasteiger partial charge in [0.05, 0.1) is 22.5 Å². The van der Waals surface area contributed by atoms with Crippen LogP contribution >= 0.6 is 23.3 Å². The van der Waals surface area contributed by atoms with Crippen molar-refractivity contribution in [3.05, 3.63) is 65.6 Å². The average molecular weight is 606 g/mol. The van der Waals surface area contributed by atoms with E-state index in [1.54, 1.807) is 30.4 Å². The fraction of sp³-hybridized carbons (Fsp3) is 0.419. The van der Waals surface area contributed by atoms with Crippen LogP contribution in [-0.4, -0.2) is 58.0 Å². The predicted molar refractivity (Wildman–Crippen MR) is 173 cm³/mol. The number of ether oxygens (including phenoxy) is 1. The molecule has 2 aromatic heterocycles. The highest BCUT2D eigenvalue weighted by Gasteiger charge is 2.22. The Hall–Kier alpha value is -3.25. The Labute approximate surface area is 256 Å². The van der Waals surface area contributed by atoms with Gasteiger partial charge in [0.25, 0.3) is 5.91 Å². The van der Waals surface area contributed by atoms with Crippen LogP contribution in [0.15, 0.2) is 53.7 Å². The summed E-state index contributed by atoms with van der Waals surface area (Å²) < 4.78 is 8.78. The van der Waals surface area contributed by atoms with Crippen molar-refractivity contribution in [2.75, 3.05) is 37.4 Å². The van der Waals surface area contributed by atoms with Crippen molar-refractivity contribution in [3.63, 3.8) is 0 Å². The summed E-state index contributed by atoms with van der Waals surface area (Å²) in [4.78, 5) is 27.5. The van der Waals surface area contributed by atoms with E-state index < -0.39 is 0 Å². The molecule has 2 heterocycles. The van der Waals surface area contributed by atoms with Crippen molar-refractivity contribution in [2.45, 2.75) is 57.6 Å². The zero-order chi connectivity index (χ0) is 29.5. The molecular formula is C31H39N7O2S2. The highest BCUT2D eigenvalue weighted by atomic mass is 32.2. The zero-order valence-corrected chi connectivity index (χ0v) is 26.3.